The highest BCUT2D eigenvalue weighted by Gasteiger charge is 2.49. The van der Waals surface area contributed by atoms with E-state index in [4.69, 9.17) is 9.47 Å². The minimum Gasteiger partial charge on any atom is -0.468 e. The minimum atomic E-state index is -0.511. The van der Waals surface area contributed by atoms with Gasteiger partial charge in [-0.1, -0.05) is 48.9 Å². The highest BCUT2D eigenvalue weighted by atomic mass is 16.6. The first-order chi connectivity index (χ1) is 18.7. The van der Waals surface area contributed by atoms with Crippen LogP contribution in [-0.4, -0.2) is 51.5 Å². The molecule has 1 aromatic heterocycles. The average molecular weight is 536 g/mol. The molecule has 2 aromatic rings. The second kappa shape index (κ2) is 12.8. The van der Waals surface area contributed by atoms with Crippen LogP contribution in [0.25, 0.3) is 6.08 Å². The normalized spacial score (nSPS) is 23.3. The Bertz CT molecular complexity index is 1130. The van der Waals surface area contributed by atoms with E-state index < -0.39 is 5.60 Å². The van der Waals surface area contributed by atoms with E-state index in [1.807, 2.05) is 39.2 Å². The van der Waals surface area contributed by atoms with Gasteiger partial charge in [0.25, 0.3) is 0 Å². The molecule has 1 heterocycles. The fourth-order valence-electron chi connectivity index (χ4n) is 5.89. The van der Waals surface area contributed by atoms with Crippen molar-refractivity contribution in [3.8, 4) is 0 Å². The number of rotatable bonds is 10. The zero-order valence-electron chi connectivity index (χ0n) is 24.3. The topological polar surface area (TPSA) is 73.7 Å². The van der Waals surface area contributed by atoms with Crippen LogP contribution >= 0.6 is 0 Å². The van der Waals surface area contributed by atoms with Gasteiger partial charge in [-0.2, -0.15) is 5.10 Å². The summed E-state index contributed by atoms with van der Waals surface area (Å²) in [6, 6.07) is 10.9. The summed E-state index contributed by atoms with van der Waals surface area (Å²) in [5.41, 5.74) is 3.28. The van der Waals surface area contributed by atoms with Crippen LogP contribution in [0.3, 0.4) is 0 Å². The molecule has 39 heavy (non-hydrogen) atoms. The number of methoxy groups -OCH3 is 1. The summed E-state index contributed by atoms with van der Waals surface area (Å²) in [4.78, 5) is 27.1. The van der Waals surface area contributed by atoms with Gasteiger partial charge in [0, 0.05) is 24.2 Å². The van der Waals surface area contributed by atoms with E-state index in [1.54, 1.807) is 4.68 Å². The van der Waals surface area contributed by atoms with Crippen molar-refractivity contribution >= 4 is 18.1 Å². The van der Waals surface area contributed by atoms with Crippen molar-refractivity contribution in [3.05, 3.63) is 59.4 Å². The van der Waals surface area contributed by atoms with Crippen LogP contribution in [0.2, 0.25) is 0 Å². The van der Waals surface area contributed by atoms with Crippen LogP contribution in [0.5, 0.6) is 0 Å². The first kappa shape index (κ1) is 28.9. The molecule has 2 atom stereocenters. The van der Waals surface area contributed by atoms with Gasteiger partial charge in [0.2, 0.25) is 0 Å². The van der Waals surface area contributed by atoms with Crippen LogP contribution < -0.4 is 0 Å². The van der Waals surface area contributed by atoms with E-state index in [9.17, 15) is 9.59 Å². The van der Waals surface area contributed by atoms with Crippen LogP contribution in [-0.2, 0) is 27.2 Å². The number of hydrogen-bond donors (Lipinski definition) is 0. The van der Waals surface area contributed by atoms with Crippen molar-refractivity contribution in [1.82, 2.24) is 14.7 Å². The number of hydrogen-bond acceptors (Lipinski definition) is 5. The molecular weight excluding hydrogens is 490 g/mol. The molecule has 0 bridgehead atoms. The Kier molecular flexibility index (Phi) is 9.52. The number of benzene rings is 1. The van der Waals surface area contributed by atoms with Crippen LogP contribution in [0.4, 0.5) is 4.79 Å². The lowest BCUT2D eigenvalue weighted by molar-refractivity contribution is -0.141. The molecule has 0 unspecified atom stereocenters. The third-order valence-electron chi connectivity index (χ3n) is 8.01. The molecule has 2 saturated carbocycles. The molecule has 4 rings (SSSR count). The Morgan fingerprint density at radius 3 is 2.49 bits per heavy atom. The maximum Gasteiger partial charge on any atom is 0.410 e. The van der Waals surface area contributed by atoms with Crippen molar-refractivity contribution in [2.75, 3.05) is 7.11 Å². The Morgan fingerprint density at radius 1 is 1.13 bits per heavy atom. The minimum absolute atomic E-state index is 0.143. The number of carbonyl (C=O) groups excluding carboxylic acids is 2. The number of nitrogens with zero attached hydrogens (tertiary/aromatic N) is 3. The van der Waals surface area contributed by atoms with Crippen molar-refractivity contribution < 1.29 is 19.1 Å². The van der Waals surface area contributed by atoms with E-state index in [2.05, 4.69) is 47.3 Å². The molecule has 2 fully saturated rings. The van der Waals surface area contributed by atoms with Gasteiger partial charge in [0.15, 0.2) is 0 Å². The summed E-state index contributed by atoms with van der Waals surface area (Å²) in [6.45, 7) is 8.20. The molecule has 7 nitrogen and oxygen atoms in total. The summed E-state index contributed by atoms with van der Waals surface area (Å²) in [5.74, 6) is 0.740. The molecule has 0 spiro atoms. The zero-order chi connectivity index (χ0) is 28.0. The zero-order valence-corrected chi connectivity index (χ0v) is 24.3. The van der Waals surface area contributed by atoms with Crippen molar-refractivity contribution in [2.24, 2.45) is 11.8 Å². The molecule has 0 radical (unpaired) electrons. The molecule has 0 saturated heterocycles. The van der Waals surface area contributed by atoms with E-state index in [1.165, 1.54) is 18.2 Å². The summed E-state index contributed by atoms with van der Waals surface area (Å²) < 4.78 is 12.3. The number of ether oxygens (including phenoxy) is 2. The highest BCUT2D eigenvalue weighted by Crippen LogP contribution is 2.46. The second-order valence-electron chi connectivity index (χ2n) is 12.1. The van der Waals surface area contributed by atoms with Crippen molar-refractivity contribution in [1.29, 1.82) is 0 Å². The number of amides is 1. The van der Waals surface area contributed by atoms with Gasteiger partial charge >= 0.3 is 12.1 Å². The van der Waals surface area contributed by atoms with Gasteiger partial charge in [-0.3, -0.25) is 9.48 Å². The summed E-state index contributed by atoms with van der Waals surface area (Å²) in [5, 5.41) is 4.29. The number of carbonyl (C=O) groups is 2. The molecule has 7 heteroatoms. The van der Waals surface area contributed by atoms with Crippen molar-refractivity contribution in [2.45, 2.75) is 103 Å². The largest absolute Gasteiger partial charge is 0.468 e. The van der Waals surface area contributed by atoms with Gasteiger partial charge in [-0.05, 0) is 89.2 Å². The summed E-state index contributed by atoms with van der Waals surface area (Å²) in [6.07, 6.45) is 14.2. The SMILES string of the molecule is CC/C(=C\c1ccccc1)[C@@H]1C[C@H]1N(C(=O)OC(C)(C)C)C1CCC(CCc2cnn(CC(=O)OC)c2)CC1. The quantitative estimate of drug-likeness (QED) is 0.318. The summed E-state index contributed by atoms with van der Waals surface area (Å²) in [7, 11) is 1.39. The Morgan fingerprint density at radius 2 is 1.85 bits per heavy atom. The van der Waals surface area contributed by atoms with E-state index >= 15 is 0 Å². The monoisotopic (exact) mass is 535 g/mol. The molecule has 2 aliphatic carbocycles. The Labute approximate surface area is 233 Å². The van der Waals surface area contributed by atoms with Crippen LogP contribution in [0.1, 0.15) is 83.8 Å². The molecule has 1 aromatic carbocycles. The maximum absolute atomic E-state index is 13.5. The predicted molar refractivity (Wildman–Crippen MR) is 153 cm³/mol. The molecule has 2 aliphatic rings. The number of esters is 1. The lowest BCUT2D eigenvalue weighted by Crippen LogP contribution is -2.47. The predicted octanol–water partition coefficient (Wildman–Crippen LogP) is 6.67. The van der Waals surface area contributed by atoms with Gasteiger partial charge in [-0.15, -0.1) is 0 Å². The Balaban J connectivity index is 1.36. The number of aryl methyl sites for hydroxylation is 1. The maximum atomic E-state index is 13.5. The van der Waals surface area contributed by atoms with Gasteiger partial charge in [-0.25, -0.2) is 4.79 Å². The average Bonchev–Trinajstić information content (AvgIpc) is 3.55. The molecule has 0 aliphatic heterocycles. The molecular formula is C32H45N3O4. The van der Waals surface area contributed by atoms with Crippen molar-refractivity contribution in [3.63, 3.8) is 0 Å². The van der Waals surface area contributed by atoms with Gasteiger partial charge in [0.05, 0.1) is 13.3 Å². The first-order valence-electron chi connectivity index (χ1n) is 14.5. The molecule has 212 valence electrons. The van der Waals surface area contributed by atoms with E-state index in [0.717, 1.165) is 56.9 Å². The molecule has 1 amide bonds. The fourth-order valence-corrected chi connectivity index (χ4v) is 5.89. The highest BCUT2D eigenvalue weighted by molar-refractivity contribution is 5.70. The molecule has 0 N–H and O–H groups in total. The number of aromatic nitrogens is 2. The Hall–Kier alpha value is -3.09. The lowest BCUT2D eigenvalue weighted by Gasteiger charge is -2.38. The van der Waals surface area contributed by atoms with Gasteiger partial charge in [0.1, 0.15) is 12.1 Å². The lowest BCUT2D eigenvalue weighted by atomic mass is 9.82. The third kappa shape index (κ3) is 8.20. The van der Waals surface area contributed by atoms with Gasteiger partial charge < -0.3 is 14.4 Å². The smallest absolute Gasteiger partial charge is 0.410 e. The second-order valence-corrected chi connectivity index (χ2v) is 12.1. The standard InChI is InChI=1S/C32H45N3O4/c1-6-26(18-24-10-8-7-9-11-24)28-19-29(28)35(31(37)39-32(2,3)4)27-16-14-23(15-17-27)12-13-25-20-33-34(21-25)22-30(36)38-5/h7-11,18,20-21,23,27-29H,6,12-17,19,22H2,1-5H3/b26-18+/t23?,27?,28-,29+/m0/s1. The third-order valence-corrected chi connectivity index (χ3v) is 8.01. The summed E-state index contributed by atoms with van der Waals surface area (Å²) >= 11 is 0. The van der Waals surface area contributed by atoms with Crippen LogP contribution in [0, 0.1) is 11.8 Å². The van der Waals surface area contributed by atoms with E-state index in [0.29, 0.717) is 11.8 Å². The van der Waals surface area contributed by atoms with Crippen LogP contribution in [0.15, 0.2) is 48.3 Å². The van der Waals surface area contributed by atoms with E-state index in [-0.39, 0.29) is 30.7 Å². The fraction of sp³-hybridized carbons (Fsp3) is 0.594. The first-order valence-corrected chi connectivity index (χ1v) is 14.5.